The number of hydrogen-bond acceptors (Lipinski definition) is 4. The van der Waals surface area contributed by atoms with Gasteiger partial charge in [-0.1, -0.05) is 0 Å². The van der Waals surface area contributed by atoms with E-state index < -0.39 is 0 Å². The Kier molecular flexibility index (Phi) is 6.35. The Bertz CT molecular complexity index is 396. The van der Waals surface area contributed by atoms with E-state index >= 15 is 0 Å². The van der Waals surface area contributed by atoms with Gasteiger partial charge in [0.2, 0.25) is 0 Å². The molecule has 0 aliphatic carbocycles. The van der Waals surface area contributed by atoms with E-state index in [1.807, 2.05) is 37.7 Å². The molecule has 4 heteroatoms. The Hall–Kier alpha value is -1.03. The van der Waals surface area contributed by atoms with Crippen LogP contribution in [0.2, 0.25) is 0 Å². The standard InChI is InChI=1S/C15H26N2OS/c1-11(2)18-15-10-13(6-7-14(15)16)17(4)12(3)8-9-19-5/h6-7,10-12H,8-9,16H2,1-5H3. The molecule has 0 spiro atoms. The Morgan fingerprint density at radius 1 is 1.32 bits per heavy atom. The van der Waals surface area contributed by atoms with E-state index in [1.165, 1.54) is 12.2 Å². The average Bonchev–Trinajstić information content (AvgIpc) is 2.37. The predicted molar refractivity (Wildman–Crippen MR) is 87.5 cm³/mol. The molecule has 0 amide bonds. The van der Waals surface area contributed by atoms with Crippen LogP contribution >= 0.6 is 11.8 Å². The van der Waals surface area contributed by atoms with E-state index in [1.54, 1.807) is 0 Å². The summed E-state index contributed by atoms with van der Waals surface area (Å²) in [6.07, 6.45) is 3.45. The molecule has 0 bridgehead atoms. The minimum absolute atomic E-state index is 0.136. The molecule has 108 valence electrons. The van der Waals surface area contributed by atoms with Crippen molar-refractivity contribution in [3.05, 3.63) is 18.2 Å². The second-order valence-electron chi connectivity index (χ2n) is 5.13. The molecular weight excluding hydrogens is 256 g/mol. The molecule has 0 aliphatic rings. The number of rotatable bonds is 7. The maximum Gasteiger partial charge on any atom is 0.144 e. The van der Waals surface area contributed by atoms with E-state index in [0.29, 0.717) is 11.7 Å². The fraction of sp³-hybridized carbons (Fsp3) is 0.600. The maximum absolute atomic E-state index is 5.95. The minimum Gasteiger partial charge on any atom is -0.489 e. The van der Waals surface area contributed by atoms with Gasteiger partial charge in [0.05, 0.1) is 11.8 Å². The number of ether oxygens (including phenoxy) is 1. The average molecular weight is 282 g/mol. The van der Waals surface area contributed by atoms with E-state index in [9.17, 15) is 0 Å². The molecule has 1 aromatic rings. The van der Waals surface area contributed by atoms with Crippen molar-refractivity contribution in [3.63, 3.8) is 0 Å². The van der Waals surface area contributed by atoms with Gasteiger partial charge in [-0.15, -0.1) is 0 Å². The summed E-state index contributed by atoms with van der Waals surface area (Å²) < 4.78 is 5.74. The van der Waals surface area contributed by atoms with E-state index in [4.69, 9.17) is 10.5 Å². The molecule has 0 aromatic heterocycles. The Morgan fingerprint density at radius 2 is 2.00 bits per heavy atom. The fourth-order valence-electron chi connectivity index (χ4n) is 1.83. The fourth-order valence-corrected chi connectivity index (χ4v) is 2.41. The molecule has 0 heterocycles. The lowest BCUT2D eigenvalue weighted by Gasteiger charge is -2.27. The first-order chi connectivity index (χ1) is 8.95. The zero-order chi connectivity index (χ0) is 14.4. The molecule has 1 aromatic carbocycles. The predicted octanol–water partition coefficient (Wildman–Crippen LogP) is 3.63. The summed E-state index contributed by atoms with van der Waals surface area (Å²) in [6, 6.07) is 6.51. The molecule has 1 rings (SSSR count). The molecule has 1 atom stereocenters. The molecule has 1 unspecified atom stereocenters. The molecule has 0 radical (unpaired) electrons. The van der Waals surface area contributed by atoms with Crippen molar-refractivity contribution < 1.29 is 4.74 Å². The first-order valence-electron chi connectivity index (χ1n) is 6.73. The second kappa shape index (κ2) is 7.53. The topological polar surface area (TPSA) is 38.5 Å². The lowest BCUT2D eigenvalue weighted by atomic mass is 10.2. The molecule has 0 saturated carbocycles. The van der Waals surface area contributed by atoms with Gasteiger partial charge in [0.25, 0.3) is 0 Å². The normalized spacial score (nSPS) is 12.5. The van der Waals surface area contributed by atoms with Crippen molar-refractivity contribution in [2.24, 2.45) is 0 Å². The maximum atomic E-state index is 5.95. The lowest BCUT2D eigenvalue weighted by molar-refractivity contribution is 0.244. The summed E-state index contributed by atoms with van der Waals surface area (Å²) in [5.41, 5.74) is 7.80. The van der Waals surface area contributed by atoms with Crippen LogP contribution in [0.1, 0.15) is 27.2 Å². The van der Waals surface area contributed by atoms with Gasteiger partial charge in [-0.2, -0.15) is 11.8 Å². The van der Waals surface area contributed by atoms with Crippen LogP contribution < -0.4 is 15.4 Å². The molecule has 0 aliphatic heterocycles. The van der Waals surface area contributed by atoms with Crippen LogP contribution in [-0.2, 0) is 0 Å². The summed E-state index contributed by atoms with van der Waals surface area (Å²) in [4.78, 5) is 2.28. The zero-order valence-corrected chi connectivity index (χ0v) is 13.5. The first kappa shape index (κ1) is 16.0. The van der Waals surface area contributed by atoms with Gasteiger partial charge in [-0.05, 0) is 51.3 Å². The van der Waals surface area contributed by atoms with Crippen LogP contribution in [0, 0.1) is 0 Å². The Balaban J connectivity index is 2.82. The molecule has 2 N–H and O–H groups in total. The number of nitrogen functional groups attached to an aromatic ring is 1. The SMILES string of the molecule is CSCCC(C)N(C)c1ccc(N)c(OC(C)C)c1. The third-order valence-electron chi connectivity index (χ3n) is 3.17. The van der Waals surface area contributed by atoms with E-state index in [0.717, 1.165) is 11.4 Å². The molecule has 0 saturated heterocycles. The van der Waals surface area contributed by atoms with Gasteiger partial charge in [-0.25, -0.2) is 0 Å². The van der Waals surface area contributed by atoms with Gasteiger partial charge in [0.15, 0.2) is 0 Å². The van der Waals surface area contributed by atoms with E-state index in [2.05, 4.69) is 31.2 Å². The largest absolute Gasteiger partial charge is 0.489 e. The van der Waals surface area contributed by atoms with Gasteiger partial charge >= 0.3 is 0 Å². The third kappa shape index (κ3) is 4.86. The Morgan fingerprint density at radius 3 is 2.58 bits per heavy atom. The van der Waals surface area contributed by atoms with Crippen molar-refractivity contribution in [3.8, 4) is 5.75 Å². The number of thioether (sulfide) groups is 1. The highest BCUT2D eigenvalue weighted by Gasteiger charge is 2.12. The molecule has 3 nitrogen and oxygen atoms in total. The summed E-state index contributed by atoms with van der Waals surface area (Å²) in [5, 5.41) is 0. The lowest BCUT2D eigenvalue weighted by Crippen LogP contribution is -2.29. The highest BCUT2D eigenvalue weighted by Crippen LogP contribution is 2.29. The second-order valence-corrected chi connectivity index (χ2v) is 6.12. The van der Waals surface area contributed by atoms with Gasteiger partial charge in [0.1, 0.15) is 5.75 Å². The van der Waals surface area contributed by atoms with Crippen LogP contribution in [0.4, 0.5) is 11.4 Å². The smallest absolute Gasteiger partial charge is 0.144 e. The number of hydrogen-bond donors (Lipinski definition) is 1. The summed E-state index contributed by atoms with van der Waals surface area (Å²) in [7, 11) is 2.12. The van der Waals surface area contributed by atoms with Crippen molar-refractivity contribution in [2.45, 2.75) is 39.3 Å². The van der Waals surface area contributed by atoms with Crippen molar-refractivity contribution in [1.82, 2.24) is 0 Å². The Labute approximate surface area is 121 Å². The van der Waals surface area contributed by atoms with Crippen LogP contribution in [-0.4, -0.2) is 31.2 Å². The quantitative estimate of drug-likeness (QED) is 0.775. The highest BCUT2D eigenvalue weighted by atomic mass is 32.2. The highest BCUT2D eigenvalue weighted by molar-refractivity contribution is 7.98. The van der Waals surface area contributed by atoms with Gasteiger partial charge in [0, 0.05) is 24.8 Å². The van der Waals surface area contributed by atoms with Crippen LogP contribution in [0.5, 0.6) is 5.75 Å². The number of benzene rings is 1. The van der Waals surface area contributed by atoms with Crippen molar-refractivity contribution >= 4 is 23.1 Å². The summed E-state index contributed by atoms with van der Waals surface area (Å²) in [6.45, 7) is 6.27. The molecule has 0 fully saturated rings. The monoisotopic (exact) mass is 282 g/mol. The number of nitrogens with zero attached hydrogens (tertiary/aromatic N) is 1. The van der Waals surface area contributed by atoms with E-state index in [-0.39, 0.29) is 6.10 Å². The zero-order valence-electron chi connectivity index (χ0n) is 12.6. The van der Waals surface area contributed by atoms with Crippen LogP contribution in [0.25, 0.3) is 0 Å². The third-order valence-corrected chi connectivity index (χ3v) is 3.81. The van der Waals surface area contributed by atoms with Crippen molar-refractivity contribution in [1.29, 1.82) is 0 Å². The minimum atomic E-state index is 0.136. The summed E-state index contributed by atoms with van der Waals surface area (Å²) in [5.74, 6) is 1.95. The summed E-state index contributed by atoms with van der Waals surface area (Å²) >= 11 is 1.89. The first-order valence-corrected chi connectivity index (χ1v) is 8.13. The van der Waals surface area contributed by atoms with Gasteiger partial charge in [-0.3, -0.25) is 0 Å². The molecule has 19 heavy (non-hydrogen) atoms. The number of nitrogens with two attached hydrogens (primary N) is 1. The van der Waals surface area contributed by atoms with Crippen molar-refractivity contribution in [2.75, 3.05) is 29.7 Å². The van der Waals surface area contributed by atoms with Gasteiger partial charge < -0.3 is 15.4 Å². The van der Waals surface area contributed by atoms with Crippen LogP contribution in [0.3, 0.4) is 0 Å². The molecular formula is C15H26N2OS. The number of anilines is 2. The van der Waals surface area contributed by atoms with Crippen LogP contribution in [0.15, 0.2) is 18.2 Å².